The number of aryl methyl sites for hydroxylation is 2. The van der Waals surface area contributed by atoms with Crippen LogP contribution in [0.4, 0.5) is 0 Å². The molecule has 98 valence electrons. The molecule has 19 heavy (non-hydrogen) atoms. The number of fused-ring (bicyclic) bond motifs is 1. The molecule has 3 heterocycles. The number of nitrogens with zero attached hydrogens (tertiary/aromatic N) is 5. The van der Waals surface area contributed by atoms with Crippen LogP contribution in [0.2, 0.25) is 0 Å². The Morgan fingerprint density at radius 2 is 2.26 bits per heavy atom. The van der Waals surface area contributed by atoms with Gasteiger partial charge in [0.05, 0.1) is 6.54 Å². The standard InChI is InChI=1S/C12H12ClN5O/c1-8-15-10(17-19-8)7-18-11(4-5-13)16-9-3-2-6-14-12(9)18/h2-3,6H,4-5,7H2,1H3. The summed E-state index contributed by atoms with van der Waals surface area (Å²) < 4.78 is 6.96. The van der Waals surface area contributed by atoms with E-state index in [0.717, 1.165) is 17.0 Å². The number of hydrogen-bond donors (Lipinski definition) is 0. The number of imidazole rings is 1. The number of pyridine rings is 1. The highest BCUT2D eigenvalue weighted by Gasteiger charge is 2.13. The first kappa shape index (κ1) is 12.1. The van der Waals surface area contributed by atoms with Gasteiger partial charge in [-0.1, -0.05) is 5.16 Å². The first-order valence-electron chi connectivity index (χ1n) is 5.93. The fourth-order valence-corrected chi connectivity index (χ4v) is 2.16. The molecular weight excluding hydrogens is 266 g/mol. The van der Waals surface area contributed by atoms with E-state index in [1.54, 1.807) is 13.1 Å². The van der Waals surface area contributed by atoms with Crippen LogP contribution in [0.5, 0.6) is 0 Å². The van der Waals surface area contributed by atoms with Crippen molar-refractivity contribution in [2.75, 3.05) is 5.88 Å². The van der Waals surface area contributed by atoms with Crippen molar-refractivity contribution >= 4 is 22.8 Å². The summed E-state index contributed by atoms with van der Waals surface area (Å²) in [5.41, 5.74) is 1.66. The summed E-state index contributed by atoms with van der Waals surface area (Å²) in [4.78, 5) is 13.1. The normalized spacial score (nSPS) is 11.3. The molecular formula is C12H12ClN5O. The van der Waals surface area contributed by atoms with Crippen LogP contribution in [0, 0.1) is 6.92 Å². The Morgan fingerprint density at radius 3 is 3.00 bits per heavy atom. The average Bonchev–Trinajstić information content (AvgIpc) is 2.96. The molecule has 0 aromatic carbocycles. The van der Waals surface area contributed by atoms with Crippen molar-refractivity contribution in [3.8, 4) is 0 Å². The van der Waals surface area contributed by atoms with Gasteiger partial charge in [-0.25, -0.2) is 9.97 Å². The summed E-state index contributed by atoms with van der Waals surface area (Å²) in [6.07, 6.45) is 2.42. The van der Waals surface area contributed by atoms with Gasteiger partial charge in [0.25, 0.3) is 0 Å². The third-order valence-electron chi connectivity index (χ3n) is 2.77. The summed E-state index contributed by atoms with van der Waals surface area (Å²) in [6.45, 7) is 2.25. The third-order valence-corrected chi connectivity index (χ3v) is 2.96. The van der Waals surface area contributed by atoms with Gasteiger partial charge in [-0.3, -0.25) is 0 Å². The Hall–Kier alpha value is -1.95. The van der Waals surface area contributed by atoms with Crippen LogP contribution in [-0.4, -0.2) is 30.6 Å². The molecule has 3 aromatic rings. The van der Waals surface area contributed by atoms with Crippen LogP contribution in [0.25, 0.3) is 11.2 Å². The number of halogens is 1. The Labute approximate surface area is 114 Å². The number of hydrogen-bond acceptors (Lipinski definition) is 5. The van der Waals surface area contributed by atoms with E-state index in [-0.39, 0.29) is 0 Å². The predicted octanol–water partition coefficient (Wildman–Crippen LogP) is 1.95. The van der Waals surface area contributed by atoms with Crippen molar-refractivity contribution in [3.63, 3.8) is 0 Å². The molecule has 3 aromatic heterocycles. The Morgan fingerprint density at radius 1 is 1.37 bits per heavy atom. The van der Waals surface area contributed by atoms with Gasteiger partial charge in [0.1, 0.15) is 11.3 Å². The van der Waals surface area contributed by atoms with Crippen LogP contribution in [0.3, 0.4) is 0 Å². The van der Waals surface area contributed by atoms with Gasteiger partial charge in [-0.05, 0) is 12.1 Å². The molecule has 0 atom stereocenters. The van der Waals surface area contributed by atoms with Crippen LogP contribution < -0.4 is 0 Å². The lowest BCUT2D eigenvalue weighted by atomic mass is 10.4. The summed E-state index contributed by atoms with van der Waals surface area (Å²) in [5, 5.41) is 3.90. The Bertz CT molecular complexity index is 705. The maximum atomic E-state index is 5.82. The van der Waals surface area contributed by atoms with E-state index in [1.807, 2.05) is 16.7 Å². The van der Waals surface area contributed by atoms with E-state index in [4.69, 9.17) is 16.1 Å². The van der Waals surface area contributed by atoms with Gasteiger partial charge >= 0.3 is 0 Å². The van der Waals surface area contributed by atoms with Gasteiger partial charge in [-0.2, -0.15) is 4.98 Å². The van der Waals surface area contributed by atoms with Gasteiger partial charge < -0.3 is 9.09 Å². The molecule has 0 spiro atoms. The number of alkyl halides is 1. The zero-order chi connectivity index (χ0) is 13.2. The summed E-state index contributed by atoms with van der Waals surface area (Å²) >= 11 is 5.82. The van der Waals surface area contributed by atoms with Crippen molar-refractivity contribution in [2.45, 2.75) is 19.9 Å². The molecule has 0 aliphatic carbocycles. The second-order valence-electron chi connectivity index (χ2n) is 4.13. The Balaban J connectivity index is 2.06. The molecule has 0 unspecified atom stereocenters. The van der Waals surface area contributed by atoms with E-state index in [2.05, 4.69) is 20.1 Å². The summed E-state index contributed by atoms with van der Waals surface area (Å²) in [7, 11) is 0. The predicted molar refractivity (Wildman–Crippen MR) is 70.1 cm³/mol. The maximum Gasteiger partial charge on any atom is 0.223 e. The molecule has 0 saturated carbocycles. The van der Waals surface area contributed by atoms with Gasteiger partial charge in [0, 0.05) is 25.4 Å². The minimum atomic E-state index is 0.483. The highest BCUT2D eigenvalue weighted by molar-refractivity contribution is 6.17. The largest absolute Gasteiger partial charge is 0.340 e. The number of rotatable bonds is 4. The monoisotopic (exact) mass is 277 g/mol. The lowest BCUT2D eigenvalue weighted by Crippen LogP contribution is -2.07. The minimum absolute atomic E-state index is 0.483. The van der Waals surface area contributed by atoms with E-state index >= 15 is 0 Å². The molecule has 0 aliphatic rings. The first-order chi connectivity index (χ1) is 9.28. The first-order valence-corrected chi connectivity index (χ1v) is 6.46. The van der Waals surface area contributed by atoms with Crippen LogP contribution in [0.15, 0.2) is 22.9 Å². The minimum Gasteiger partial charge on any atom is -0.340 e. The van der Waals surface area contributed by atoms with E-state index in [0.29, 0.717) is 30.6 Å². The molecule has 0 fully saturated rings. The highest BCUT2D eigenvalue weighted by Crippen LogP contribution is 2.15. The maximum absolute atomic E-state index is 5.82. The fourth-order valence-electron chi connectivity index (χ4n) is 1.99. The smallest absolute Gasteiger partial charge is 0.223 e. The molecule has 0 radical (unpaired) electrons. The SMILES string of the molecule is Cc1nc(Cn2c(CCCl)nc3cccnc32)no1. The molecule has 6 nitrogen and oxygen atoms in total. The van der Waals surface area contributed by atoms with Gasteiger partial charge in [0.2, 0.25) is 5.89 Å². The van der Waals surface area contributed by atoms with Crippen LogP contribution >= 0.6 is 11.6 Å². The lowest BCUT2D eigenvalue weighted by Gasteiger charge is -2.04. The topological polar surface area (TPSA) is 69.6 Å². The second-order valence-corrected chi connectivity index (χ2v) is 4.51. The van der Waals surface area contributed by atoms with Crippen LogP contribution in [0.1, 0.15) is 17.5 Å². The van der Waals surface area contributed by atoms with Crippen LogP contribution in [-0.2, 0) is 13.0 Å². The molecule has 3 rings (SSSR count). The van der Waals surface area contributed by atoms with Crippen molar-refractivity contribution < 1.29 is 4.52 Å². The van der Waals surface area contributed by atoms with Crippen molar-refractivity contribution in [1.29, 1.82) is 0 Å². The summed E-state index contributed by atoms with van der Waals surface area (Å²) in [6, 6.07) is 3.79. The summed E-state index contributed by atoms with van der Waals surface area (Å²) in [5.74, 6) is 2.55. The molecule has 0 saturated heterocycles. The van der Waals surface area contributed by atoms with Crippen molar-refractivity contribution in [2.24, 2.45) is 0 Å². The molecule has 7 heteroatoms. The van der Waals surface area contributed by atoms with E-state index < -0.39 is 0 Å². The highest BCUT2D eigenvalue weighted by atomic mass is 35.5. The van der Waals surface area contributed by atoms with E-state index in [9.17, 15) is 0 Å². The third kappa shape index (κ3) is 2.31. The average molecular weight is 278 g/mol. The molecule has 0 bridgehead atoms. The van der Waals surface area contributed by atoms with Crippen molar-refractivity contribution in [1.82, 2.24) is 24.7 Å². The van der Waals surface area contributed by atoms with E-state index in [1.165, 1.54) is 0 Å². The van der Waals surface area contributed by atoms with Gasteiger partial charge in [0.15, 0.2) is 11.5 Å². The molecule has 0 amide bonds. The molecule has 0 N–H and O–H groups in total. The zero-order valence-electron chi connectivity index (χ0n) is 10.4. The van der Waals surface area contributed by atoms with Gasteiger partial charge in [-0.15, -0.1) is 11.6 Å². The van der Waals surface area contributed by atoms with Crippen molar-refractivity contribution in [3.05, 3.63) is 35.9 Å². The lowest BCUT2D eigenvalue weighted by molar-refractivity contribution is 0.386. The number of aromatic nitrogens is 5. The molecule has 0 aliphatic heterocycles. The fraction of sp³-hybridized carbons (Fsp3) is 0.333. The quantitative estimate of drug-likeness (QED) is 0.682. The zero-order valence-corrected chi connectivity index (χ0v) is 11.1. The Kier molecular flexibility index (Phi) is 3.16. The second kappa shape index (κ2) is 4.97.